The van der Waals surface area contributed by atoms with Gasteiger partial charge in [0.2, 0.25) is 0 Å². The van der Waals surface area contributed by atoms with Gasteiger partial charge in [0.25, 0.3) is 0 Å². The second kappa shape index (κ2) is 10.7. The van der Waals surface area contributed by atoms with E-state index >= 15 is 0 Å². The van der Waals surface area contributed by atoms with Gasteiger partial charge in [0.1, 0.15) is 5.60 Å². The third-order valence-electron chi connectivity index (χ3n) is 4.19. The van der Waals surface area contributed by atoms with E-state index in [-0.39, 0.29) is 5.97 Å². The number of carbonyl (C=O) groups excluding carboxylic acids is 1. The first kappa shape index (κ1) is 21.0. The zero-order valence-corrected chi connectivity index (χ0v) is 16.2. The molecule has 1 unspecified atom stereocenters. The highest BCUT2D eigenvalue weighted by molar-refractivity contribution is 5.73. The van der Waals surface area contributed by atoms with Crippen molar-refractivity contribution >= 4 is 5.97 Å². The number of hydrogen-bond donors (Lipinski definition) is 0. The number of hydrogen-bond acceptors (Lipinski definition) is 2. The van der Waals surface area contributed by atoms with Crippen LogP contribution in [0.25, 0.3) is 0 Å². The molecule has 0 saturated carbocycles. The van der Waals surface area contributed by atoms with Crippen molar-refractivity contribution in [1.82, 2.24) is 0 Å². The summed E-state index contributed by atoms with van der Waals surface area (Å²) < 4.78 is 5.69. The Labute approximate surface area is 153 Å². The van der Waals surface area contributed by atoms with Crippen molar-refractivity contribution in [2.75, 3.05) is 0 Å². The van der Waals surface area contributed by atoms with E-state index in [1.165, 1.54) is 11.1 Å². The molecule has 0 amide bonds. The molecule has 0 aromatic heterocycles. The molecular weight excluding hydrogens is 308 g/mol. The van der Waals surface area contributed by atoms with Gasteiger partial charge in [-0.15, -0.1) is 0 Å². The number of allylic oxidation sites excluding steroid dienone is 4. The predicted molar refractivity (Wildman–Crippen MR) is 106 cm³/mol. The van der Waals surface area contributed by atoms with E-state index in [1.54, 1.807) is 6.08 Å². The van der Waals surface area contributed by atoms with Crippen molar-refractivity contribution < 1.29 is 9.53 Å². The summed E-state index contributed by atoms with van der Waals surface area (Å²) in [6.45, 7) is 12.2. The fourth-order valence-corrected chi connectivity index (χ4v) is 2.55. The van der Waals surface area contributed by atoms with Gasteiger partial charge in [-0.3, -0.25) is 4.79 Å². The summed E-state index contributed by atoms with van der Waals surface area (Å²) in [5.74, 6) is -0.210. The molecule has 1 aromatic carbocycles. The first-order valence-electron chi connectivity index (χ1n) is 9.03. The van der Waals surface area contributed by atoms with Gasteiger partial charge in [0, 0.05) is 0 Å². The maximum Gasteiger partial charge on any atom is 0.311 e. The topological polar surface area (TPSA) is 26.3 Å². The van der Waals surface area contributed by atoms with E-state index in [4.69, 9.17) is 4.74 Å². The summed E-state index contributed by atoms with van der Waals surface area (Å²) in [6, 6.07) is 9.67. The lowest BCUT2D eigenvalue weighted by Crippen LogP contribution is -2.30. The highest BCUT2D eigenvalue weighted by Gasteiger charge is 2.24. The van der Waals surface area contributed by atoms with E-state index < -0.39 is 5.60 Å². The molecule has 2 nitrogen and oxygen atoms in total. The summed E-state index contributed by atoms with van der Waals surface area (Å²) in [5.41, 5.74) is 3.08. The number of carbonyl (C=O) groups is 1. The van der Waals surface area contributed by atoms with E-state index in [0.717, 1.165) is 31.2 Å². The van der Waals surface area contributed by atoms with Crippen LogP contribution < -0.4 is 0 Å². The smallest absolute Gasteiger partial charge is 0.311 e. The number of rotatable bonds is 10. The van der Waals surface area contributed by atoms with Gasteiger partial charge < -0.3 is 4.74 Å². The third-order valence-corrected chi connectivity index (χ3v) is 4.19. The Hall–Kier alpha value is -2.09. The normalized spacial score (nSPS) is 13.7. The van der Waals surface area contributed by atoms with Crippen LogP contribution in [0.2, 0.25) is 0 Å². The van der Waals surface area contributed by atoms with Crippen molar-refractivity contribution in [3.8, 4) is 0 Å². The lowest BCUT2D eigenvalue weighted by atomic mass is 9.98. The Bertz CT molecular complexity index is 606. The van der Waals surface area contributed by atoms with Crippen molar-refractivity contribution in [3.63, 3.8) is 0 Å². The molecule has 0 saturated heterocycles. The SMILES string of the molecule is C=CC(C)(CC/C=C(\C)CCC=C(C)C)OC(=O)Cc1ccccc1. The summed E-state index contributed by atoms with van der Waals surface area (Å²) in [6.07, 6.45) is 10.3. The number of benzene rings is 1. The lowest BCUT2D eigenvalue weighted by molar-refractivity contribution is -0.153. The zero-order valence-electron chi connectivity index (χ0n) is 16.2. The minimum Gasteiger partial charge on any atom is -0.455 e. The molecule has 0 N–H and O–H groups in total. The number of ether oxygens (including phenoxy) is 1. The molecule has 0 bridgehead atoms. The van der Waals surface area contributed by atoms with Crippen molar-refractivity contribution in [3.05, 3.63) is 71.8 Å². The molecule has 0 aliphatic carbocycles. The summed E-state index contributed by atoms with van der Waals surface area (Å²) in [4.78, 5) is 12.2. The lowest BCUT2D eigenvalue weighted by Gasteiger charge is -2.25. The second-order valence-electron chi connectivity index (χ2n) is 7.06. The van der Waals surface area contributed by atoms with Crippen LogP contribution in [0.5, 0.6) is 0 Å². The van der Waals surface area contributed by atoms with Crippen LogP contribution in [0.3, 0.4) is 0 Å². The Morgan fingerprint density at radius 2 is 1.80 bits per heavy atom. The van der Waals surface area contributed by atoms with Gasteiger partial charge in [-0.1, -0.05) is 60.2 Å². The zero-order chi connectivity index (χ0) is 18.7. The average Bonchev–Trinajstić information content (AvgIpc) is 2.55. The van der Waals surface area contributed by atoms with Crippen LogP contribution in [0, 0.1) is 0 Å². The third kappa shape index (κ3) is 9.09. The monoisotopic (exact) mass is 340 g/mol. The Morgan fingerprint density at radius 3 is 2.40 bits per heavy atom. The highest BCUT2D eigenvalue weighted by atomic mass is 16.6. The molecule has 136 valence electrons. The molecule has 0 spiro atoms. The van der Waals surface area contributed by atoms with Crippen molar-refractivity contribution in [2.24, 2.45) is 0 Å². The minimum atomic E-state index is -0.622. The van der Waals surface area contributed by atoms with Crippen LogP contribution in [-0.4, -0.2) is 11.6 Å². The van der Waals surface area contributed by atoms with Crippen molar-refractivity contribution in [2.45, 2.75) is 65.4 Å². The summed E-state index contributed by atoms with van der Waals surface area (Å²) in [7, 11) is 0. The average molecular weight is 341 g/mol. The van der Waals surface area contributed by atoms with E-state index in [0.29, 0.717) is 6.42 Å². The molecule has 0 heterocycles. The minimum absolute atomic E-state index is 0.210. The molecular formula is C23H32O2. The predicted octanol–water partition coefficient (Wildman–Crippen LogP) is 6.19. The maximum atomic E-state index is 12.2. The summed E-state index contributed by atoms with van der Waals surface area (Å²) in [5, 5.41) is 0. The molecule has 1 aromatic rings. The fraction of sp³-hybridized carbons (Fsp3) is 0.435. The second-order valence-corrected chi connectivity index (χ2v) is 7.06. The van der Waals surface area contributed by atoms with E-state index in [2.05, 4.69) is 39.5 Å². The first-order valence-corrected chi connectivity index (χ1v) is 9.03. The molecule has 25 heavy (non-hydrogen) atoms. The Morgan fingerprint density at radius 1 is 1.12 bits per heavy atom. The highest BCUT2D eigenvalue weighted by Crippen LogP contribution is 2.21. The van der Waals surface area contributed by atoms with Gasteiger partial charge in [-0.05, 0) is 65.0 Å². The molecule has 0 radical (unpaired) electrons. The van der Waals surface area contributed by atoms with Crippen LogP contribution in [0.15, 0.2) is 66.3 Å². The largest absolute Gasteiger partial charge is 0.455 e. The molecule has 2 heteroatoms. The van der Waals surface area contributed by atoms with Crippen LogP contribution in [0.4, 0.5) is 0 Å². The van der Waals surface area contributed by atoms with E-state index in [9.17, 15) is 4.79 Å². The van der Waals surface area contributed by atoms with Gasteiger partial charge >= 0.3 is 5.97 Å². The molecule has 0 fully saturated rings. The molecule has 1 rings (SSSR count). The van der Waals surface area contributed by atoms with Gasteiger partial charge in [0.05, 0.1) is 6.42 Å². The van der Waals surface area contributed by atoms with Gasteiger partial charge in [-0.25, -0.2) is 0 Å². The van der Waals surface area contributed by atoms with Crippen LogP contribution in [-0.2, 0) is 16.0 Å². The Kier molecular flexibility index (Phi) is 8.98. The molecule has 1 atom stereocenters. The fourth-order valence-electron chi connectivity index (χ4n) is 2.55. The maximum absolute atomic E-state index is 12.2. The van der Waals surface area contributed by atoms with E-state index in [1.807, 2.05) is 37.3 Å². The molecule has 0 aliphatic rings. The van der Waals surface area contributed by atoms with Gasteiger partial charge in [-0.2, -0.15) is 0 Å². The standard InChI is InChI=1S/C23H32O2/c1-6-23(5,17-11-14-20(4)13-10-12-19(2)3)25-22(24)18-21-15-8-7-9-16-21/h6-9,12,14-16H,1,10-11,13,17-18H2,2-5H3/b20-14+. The van der Waals surface area contributed by atoms with Crippen LogP contribution in [0.1, 0.15) is 58.9 Å². The molecule has 0 aliphatic heterocycles. The summed E-state index contributed by atoms with van der Waals surface area (Å²) >= 11 is 0. The van der Waals surface area contributed by atoms with Crippen molar-refractivity contribution in [1.29, 1.82) is 0 Å². The Balaban J connectivity index is 2.48. The first-order chi connectivity index (χ1) is 11.8. The van der Waals surface area contributed by atoms with Gasteiger partial charge in [0.15, 0.2) is 0 Å². The number of esters is 1. The van der Waals surface area contributed by atoms with Crippen LogP contribution >= 0.6 is 0 Å². The quantitative estimate of drug-likeness (QED) is 0.375.